The molecule has 0 aromatic heterocycles. The first-order chi connectivity index (χ1) is 14.5. The highest BCUT2D eigenvalue weighted by Gasteiger charge is 2.31. The number of ether oxygens (including phenoxy) is 1. The molecule has 3 atom stereocenters. The zero-order chi connectivity index (χ0) is 21.3. The third kappa shape index (κ3) is 4.23. The van der Waals surface area contributed by atoms with Gasteiger partial charge in [-0.1, -0.05) is 19.1 Å². The van der Waals surface area contributed by atoms with Gasteiger partial charge in [-0.25, -0.2) is 4.79 Å². The largest absolute Gasteiger partial charge is 0.465 e. The van der Waals surface area contributed by atoms with Gasteiger partial charge in [0.05, 0.1) is 24.9 Å². The number of esters is 1. The third-order valence-electron chi connectivity index (χ3n) is 7.14. The number of hydrogen-bond acceptors (Lipinski definition) is 4. The number of carbonyl (C=O) groups excluding carboxylic acids is 1. The number of methoxy groups -OCH3 is 1. The van der Waals surface area contributed by atoms with Gasteiger partial charge in [0.2, 0.25) is 0 Å². The average molecular weight is 407 g/mol. The first kappa shape index (κ1) is 20.9. The molecule has 4 nitrogen and oxygen atoms in total. The van der Waals surface area contributed by atoms with Crippen LogP contribution >= 0.6 is 0 Å². The van der Waals surface area contributed by atoms with Gasteiger partial charge in [0.15, 0.2) is 0 Å². The maximum Gasteiger partial charge on any atom is 0.337 e. The fourth-order valence-corrected chi connectivity index (χ4v) is 5.70. The Morgan fingerprint density at radius 2 is 2.03 bits per heavy atom. The smallest absolute Gasteiger partial charge is 0.337 e. The van der Waals surface area contributed by atoms with Crippen LogP contribution in [0.2, 0.25) is 0 Å². The second kappa shape index (κ2) is 8.79. The number of carbonyl (C=O) groups is 1. The van der Waals surface area contributed by atoms with E-state index >= 15 is 0 Å². The highest BCUT2D eigenvalue weighted by atomic mass is 16.5. The number of nitrogens with zero attached hydrogens (tertiary/aromatic N) is 2. The summed E-state index contributed by atoms with van der Waals surface area (Å²) in [5.41, 5.74) is 7.55. The molecule has 1 aliphatic heterocycles. The second-order valence-corrected chi connectivity index (χ2v) is 9.25. The monoisotopic (exact) mass is 406 g/mol. The van der Waals surface area contributed by atoms with Crippen LogP contribution in [-0.2, 0) is 11.2 Å². The predicted octanol–water partition coefficient (Wildman–Crippen LogP) is 5.50. The minimum atomic E-state index is -0.235. The van der Waals surface area contributed by atoms with Crippen LogP contribution in [0.25, 0.3) is 0 Å². The summed E-state index contributed by atoms with van der Waals surface area (Å²) >= 11 is 0. The summed E-state index contributed by atoms with van der Waals surface area (Å²) in [6, 6.07) is 6.23. The highest BCUT2D eigenvalue weighted by Crippen LogP contribution is 2.44. The van der Waals surface area contributed by atoms with Gasteiger partial charge in [-0.3, -0.25) is 5.01 Å². The summed E-state index contributed by atoms with van der Waals surface area (Å²) in [5.74, 6) is 1.65. The molecule has 1 heterocycles. The summed E-state index contributed by atoms with van der Waals surface area (Å²) in [6.45, 7) is 5.38. The molecule has 3 aliphatic rings. The quantitative estimate of drug-likeness (QED) is 0.609. The van der Waals surface area contributed by atoms with E-state index in [0.29, 0.717) is 17.4 Å². The van der Waals surface area contributed by atoms with Gasteiger partial charge >= 0.3 is 5.97 Å². The van der Waals surface area contributed by atoms with Gasteiger partial charge in [-0.05, 0) is 104 Å². The van der Waals surface area contributed by atoms with Crippen molar-refractivity contribution in [2.75, 3.05) is 20.7 Å². The molecular formula is C26H34N2O2. The van der Waals surface area contributed by atoms with Crippen LogP contribution in [0.3, 0.4) is 0 Å². The average Bonchev–Trinajstić information content (AvgIpc) is 2.81. The number of benzene rings is 1. The van der Waals surface area contributed by atoms with Crippen LogP contribution in [0, 0.1) is 11.8 Å². The Morgan fingerprint density at radius 3 is 2.80 bits per heavy atom. The molecular weight excluding hydrogens is 372 g/mol. The van der Waals surface area contributed by atoms with Crippen molar-refractivity contribution < 1.29 is 9.53 Å². The normalized spacial score (nSPS) is 26.7. The van der Waals surface area contributed by atoms with Gasteiger partial charge < -0.3 is 4.74 Å². The Morgan fingerprint density at radius 1 is 1.20 bits per heavy atom. The van der Waals surface area contributed by atoms with Crippen molar-refractivity contribution >= 4 is 11.7 Å². The fraction of sp³-hybridized carbons (Fsp3) is 0.538. The van der Waals surface area contributed by atoms with Crippen LogP contribution in [0.5, 0.6) is 0 Å². The lowest BCUT2D eigenvalue weighted by atomic mass is 9.71. The Balaban J connectivity index is 1.57. The summed E-state index contributed by atoms with van der Waals surface area (Å²) in [4.78, 5) is 12.0. The molecule has 0 spiro atoms. The number of hydrazone groups is 1. The van der Waals surface area contributed by atoms with E-state index in [4.69, 9.17) is 4.74 Å². The predicted molar refractivity (Wildman–Crippen MR) is 122 cm³/mol. The van der Waals surface area contributed by atoms with E-state index in [-0.39, 0.29) is 5.97 Å². The van der Waals surface area contributed by atoms with E-state index in [1.165, 1.54) is 55.1 Å². The zero-order valence-corrected chi connectivity index (χ0v) is 18.8. The molecule has 2 aliphatic carbocycles. The molecule has 0 saturated carbocycles. The minimum Gasteiger partial charge on any atom is -0.465 e. The molecule has 1 aromatic rings. The lowest BCUT2D eigenvalue weighted by molar-refractivity contribution is 0.0600. The zero-order valence-electron chi connectivity index (χ0n) is 18.8. The molecule has 160 valence electrons. The van der Waals surface area contributed by atoms with Crippen molar-refractivity contribution in [3.63, 3.8) is 0 Å². The van der Waals surface area contributed by atoms with E-state index in [1.54, 1.807) is 0 Å². The maximum absolute atomic E-state index is 12.0. The second-order valence-electron chi connectivity index (χ2n) is 9.25. The van der Waals surface area contributed by atoms with Crippen molar-refractivity contribution in [2.24, 2.45) is 16.9 Å². The van der Waals surface area contributed by atoms with E-state index < -0.39 is 0 Å². The van der Waals surface area contributed by atoms with E-state index in [1.807, 2.05) is 6.07 Å². The van der Waals surface area contributed by atoms with Gasteiger partial charge in [0.1, 0.15) is 0 Å². The molecule has 0 amide bonds. The Labute approximate surface area is 180 Å². The molecule has 0 radical (unpaired) electrons. The Hall–Kier alpha value is -2.36. The lowest BCUT2D eigenvalue weighted by Crippen LogP contribution is -2.23. The number of rotatable bonds is 2. The summed E-state index contributed by atoms with van der Waals surface area (Å²) < 4.78 is 4.92. The number of hydrogen-bond donors (Lipinski definition) is 0. The van der Waals surface area contributed by atoms with Gasteiger partial charge in [0, 0.05) is 7.05 Å². The van der Waals surface area contributed by atoms with Crippen molar-refractivity contribution in [1.29, 1.82) is 0 Å². The first-order valence-electron chi connectivity index (χ1n) is 11.3. The Kier molecular flexibility index (Phi) is 6.12. The Bertz CT molecular complexity index is 912. The molecule has 1 aromatic carbocycles. The fourth-order valence-electron chi connectivity index (χ4n) is 5.70. The molecule has 4 rings (SSSR count). The number of fused-ring (bicyclic) bond motifs is 3. The van der Waals surface area contributed by atoms with Gasteiger partial charge in [0.25, 0.3) is 0 Å². The summed E-state index contributed by atoms with van der Waals surface area (Å²) in [6.07, 6.45) is 11.9. The van der Waals surface area contributed by atoms with Crippen LogP contribution in [0.15, 0.2) is 46.6 Å². The van der Waals surface area contributed by atoms with Crippen molar-refractivity contribution in [1.82, 2.24) is 5.01 Å². The first-order valence-corrected chi connectivity index (χ1v) is 11.3. The standard InChI is InChI=1S/C26H34N2O2/c1-17-8-12-24-19(6-5-7-23(17)22-14-18(2)27-28(3)16-22)9-10-20-15-21(26(29)30-4)11-13-25(20)24/h7,11,13-15,17,19,24H,5-6,8-10,12,16H2,1-4H3. The van der Waals surface area contributed by atoms with Crippen LogP contribution in [-0.4, -0.2) is 37.4 Å². The third-order valence-corrected chi connectivity index (χ3v) is 7.14. The van der Waals surface area contributed by atoms with E-state index in [9.17, 15) is 4.79 Å². The van der Waals surface area contributed by atoms with Crippen molar-refractivity contribution in [3.05, 3.63) is 58.2 Å². The van der Waals surface area contributed by atoms with E-state index in [0.717, 1.165) is 31.0 Å². The topological polar surface area (TPSA) is 41.9 Å². The molecule has 4 heteroatoms. The minimum absolute atomic E-state index is 0.235. The van der Waals surface area contributed by atoms with Crippen LogP contribution < -0.4 is 0 Å². The van der Waals surface area contributed by atoms with Crippen molar-refractivity contribution in [2.45, 2.75) is 58.3 Å². The maximum atomic E-state index is 12.0. The van der Waals surface area contributed by atoms with Crippen LogP contribution in [0.1, 0.15) is 73.4 Å². The molecule has 0 bridgehead atoms. The molecule has 0 fully saturated rings. The van der Waals surface area contributed by atoms with E-state index in [2.05, 4.69) is 55.3 Å². The number of allylic oxidation sites excluding steroid dienone is 2. The van der Waals surface area contributed by atoms with Gasteiger partial charge in [-0.2, -0.15) is 5.10 Å². The van der Waals surface area contributed by atoms with Crippen LogP contribution in [0.4, 0.5) is 0 Å². The van der Waals surface area contributed by atoms with Crippen molar-refractivity contribution in [3.8, 4) is 0 Å². The number of likely N-dealkylation sites (N-methyl/N-ethyl adjacent to an activating group) is 1. The molecule has 3 unspecified atom stereocenters. The molecule has 0 N–H and O–H groups in total. The lowest BCUT2D eigenvalue weighted by Gasteiger charge is -2.34. The SMILES string of the molecule is COC(=O)c1ccc2c(c1)CCC1CCC=C(C3=CC(C)=NN(C)C3)C(C)CCC21. The summed E-state index contributed by atoms with van der Waals surface area (Å²) in [7, 11) is 3.51. The highest BCUT2D eigenvalue weighted by molar-refractivity contribution is 5.94. The number of aryl methyl sites for hydroxylation is 1. The molecule has 0 saturated heterocycles. The summed E-state index contributed by atoms with van der Waals surface area (Å²) in [5, 5.41) is 6.59. The molecule has 30 heavy (non-hydrogen) atoms. The van der Waals surface area contributed by atoms with Gasteiger partial charge in [-0.15, -0.1) is 0 Å².